The zero-order valence-corrected chi connectivity index (χ0v) is 11.3. The molecule has 98 valence electrons. The van der Waals surface area contributed by atoms with E-state index < -0.39 is 0 Å². The number of hydrogen-bond acceptors (Lipinski definition) is 5. The van der Waals surface area contributed by atoms with Gasteiger partial charge in [-0.3, -0.25) is 0 Å². The number of rotatable bonds is 3. The van der Waals surface area contributed by atoms with Crippen LogP contribution in [0.2, 0.25) is 0 Å². The van der Waals surface area contributed by atoms with Gasteiger partial charge in [-0.25, -0.2) is 4.98 Å². The van der Waals surface area contributed by atoms with Gasteiger partial charge in [0.25, 0.3) is 0 Å². The van der Waals surface area contributed by atoms with Crippen molar-refractivity contribution in [1.82, 2.24) is 4.98 Å². The first-order chi connectivity index (χ1) is 8.66. The van der Waals surface area contributed by atoms with E-state index in [1.165, 1.54) is 19.3 Å². The van der Waals surface area contributed by atoms with Crippen LogP contribution in [0.1, 0.15) is 29.8 Å². The van der Waals surface area contributed by atoms with Crippen LogP contribution in [0.15, 0.2) is 10.2 Å². The molecule has 0 amide bonds. The largest absolute Gasteiger partial charge is 0.369 e. The van der Waals surface area contributed by atoms with Gasteiger partial charge < -0.3 is 16.4 Å². The lowest BCUT2D eigenvalue weighted by Gasteiger charge is -2.25. The number of anilines is 1. The summed E-state index contributed by atoms with van der Waals surface area (Å²) in [6.07, 6.45) is 5.46. The molecule has 1 aliphatic rings. The van der Waals surface area contributed by atoms with Gasteiger partial charge >= 0.3 is 0 Å². The lowest BCUT2D eigenvalue weighted by atomic mass is 10.1. The van der Waals surface area contributed by atoms with E-state index in [1.807, 2.05) is 6.92 Å². The van der Waals surface area contributed by atoms with Gasteiger partial charge in [0.15, 0.2) is 5.13 Å². The number of piperidine rings is 1. The first-order valence-corrected chi connectivity index (χ1v) is 6.83. The molecule has 0 bridgehead atoms. The Labute approximate surface area is 110 Å². The quantitative estimate of drug-likeness (QED) is 0.486. The van der Waals surface area contributed by atoms with E-state index in [0.717, 1.165) is 28.8 Å². The van der Waals surface area contributed by atoms with Crippen molar-refractivity contribution in [2.24, 2.45) is 21.7 Å². The molecule has 1 aromatic heterocycles. The molecule has 7 heteroatoms. The minimum absolute atomic E-state index is 0.0373. The standard InChI is InChI=1S/C11H18N6S/c1-8-9(7-14-16-10(12)13)18-11(15-8)17-5-3-2-4-6-17/h7H,2-6H2,1H3,(H4,12,13,16). The number of nitrogens with two attached hydrogens (primary N) is 2. The molecule has 0 unspecified atom stereocenters. The SMILES string of the molecule is Cc1nc(N2CCCCC2)sc1C=NN=C(N)N. The van der Waals surface area contributed by atoms with E-state index in [-0.39, 0.29) is 5.96 Å². The molecule has 0 saturated carbocycles. The first kappa shape index (κ1) is 12.8. The van der Waals surface area contributed by atoms with Gasteiger partial charge in [0.1, 0.15) is 0 Å². The Morgan fingerprint density at radius 3 is 2.72 bits per heavy atom. The highest BCUT2D eigenvalue weighted by molar-refractivity contribution is 7.17. The summed E-state index contributed by atoms with van der Waals surface area (Å²) in [5.41, 5.74) is 11.4. The lowest BCUT2D eigenvalue weighted by molar-refractivity contribution is 0.576. The second kappa shape index (κ2) is 5.81. The molecule has 1 aliphatic heterocycles. The van der Waals surface area contributed by atoms with Crippen LogP contribution in [-0.4, -0.2) is 30.2 Å². The molecule has 0 aliphatic carbocycles. The summed E-state index contributed by atoms with van der Waals surface area (Å²) in [7, 11) is 0. The summed E-state index contributed by atoms with van der Waals surface area (Å²) in [6.45, 7) is 4.16. The van der Waals surface area contributed by atoms with Gasteiger partial charge in [0.2, 0.25) is 5.96 Å². The Kier molecular flexibility index (Phi) is 4.14. The molecular weight excluding hydrogens is 248 g/mol. The molecule has 0 spiro atoms. The predicted molar refractivity (Wildman–Crippen MR) is 76.3 cm³/mol. The van der Waals surface area contributed by atoms with Gasteiger partial charge in [0.05, 0.1) is 16.8 Å². The van der Waals surface area contributed by atoms with Gasteiger partial charge in [-0.1, -0.05) is 11.3 Å². The Morgan fingerprint density at radius 2 is 2.06 bits per heavy atom. The fourth-order valence-corrected chi connectivity index (χ4v) is 2.87. The second-order valence-corrected chi connectivity index (χ2v) is 5.27. The van der Waals surface area contributed by atoms with Crippen molar-refractivity contribution in [3.05, 3.63) is 10.6 Å². The number of thiazole rings is 1. The molecule has 2 heterocycles. The average molecular weight is 266 g/mol. The molecule has 6 nitrogen and oxygen atoms in total. The van der Waals surface area contributed by atoms with Crippen molar-refractivity contribution in [1.29, 1.82) is 0 Å². The van der Waals surface area contributed by atoms with Crippen molar-refractivity contribution in [2.75, 3.05) is 18.0 Å². The first-order valence-electron chi connectivity index (χ1n) is 6.01. The topological polar surface area (TPSA) is 92.9 Å². The van der Waals surface area contributed by atoms with Crippen molar-refractivity contribution >= 4 is 28.6 Å². The zero-order valence-electron chi connectivity index (χ0n) is 10.5. The van der Waals surface area contributed by atoms with Crippen LogP contribution in [0.4, 0.5) is 5.13 Å². The van der Waals surface area contributed by atoms with Crippen LogP contribution in [0.3, 0.4) is 0 Å². The summed E-state index contributed by atoms with van der Waals surface area (Å²) in [5, 5.41) is 8.48. The molecule has 1 saturated heterocycles. The third kappa shape index (κ3) is 3.19. The molecule has 18 heavy (non-hydrogen) atoms. The number of aryl methyl sites for hydroxylation is 1. The average Bonchev–Trinajstić information content (AvgIpc) is 2.72. The third-order valence-electron chi connectivity index (χ3n) is 2.80. The van der Waals surface area contributed by atoms with Gasteiger partial charge in [0, 0.05) is 13.1 Å². The number of nitrogens with zero attached hydrogens (tertiary/aromatic N) is 4. The monoisotopic (exact) mass is 266 g/mol. The van der Waals surface area contributed by atoms with Crippen molar-refractivity contribution in [2.45, 2.75) is 26.2 Å². The maximum Gasteiger partial charge on any atom is 0.211 e. The normalized spacial score (nSPS) is 16.2. The van der Waals surface area contributed by atoms with Gasteiger partial charge in [-0.05, 0) is 26.2 Å². The van der Waals surface area contributed by atoms with Crippen LogP contribution in [0.5, 0.6) is 0 Å². The summed E-state index contributed by atoms with van der Waals surface area (Å²) in [5.74, 6) is -0.0373. The maximum atomic E-state index is 5.21. The van der Waals surface area contributed by atoms with Gasteiger partial charge in [-0.2, -0.15) is 5.10 Å². The van der Waals surface area contributed by atoms with Crippen LogP contribution < -0.4 is 16.4 Å². The molecule has 0 radical (unpaired) electrons. The Morgan fingerprint density at radius 1 is 1.33 bits per heavy atom. The highest BCUT2D eigenvalue weighted by Crippen LogP contribution is 2.27. The molecule has 4 N–H and O–H groups in total. The summed E-state index contributed by atoms with van der Waals surface area (Å²) < 4.78 is 0. The maximum absolute atomic E-state index is 5.21. The number of guanidine groups is 1. The molecule has 1 fully saturated rings. The smallest absolute Gasteiger partial charge is 0.211 e. The summed E-state index contributed by atoms with van der Waals surface area (Å²) in [4.78, 5) is 7.91. The van der Waals surface area contributed by atoms with Crippen molar-refractivity contribution < 1.29 is 0 Å². The highest BCUT2D eigenvalue weighted by Gasteiger charge is 2.15. The van der Waals surface area contributed by atoms with Gasteiger partial charge in [-0.15, -0.1) is 5.10 Å². The summed E-state index contributed by atoms with van der Waals surface area (Å²) >= 11 is 1.63. The van der Waals surface area contributed by atoms with Crippen LogP contribution in [0, 0.1) is 6.92 Å². The third-order valence-corrected chi connectivity index (χ3v) is 3.95. The molecule has 2 rings (SSSR count). The van der Waals surface area contributed by atoms with E-state index in [1.54, 1.807) is 17.6 Å². The fraction of sp³-hybridized carbons (Fsp3) is 0.545. The van der Waals surface area contributed by atoms with E-state index in [0.29, 0.717) is 0 Å². The number of aromatic nitrogens is 1. The Balaban J connectivity index is 2.11. The predicted octanol–water partition coefficient (Wildman–Crippen LogP) is 1.05. The minimum atomic E-state index is -0.0373. The van der Waals surface area contributed by atoms with E-state index in [9.17, 15) is 0 Å². The number of hydrogen-bond donors (Lipinski definition) is 2. The van der Waals surface area contributed by atoms with E-state index >= 15 is 0 Å². The minimum Gasteiger partial charge on any atom is -0.369 e. The van der Waals surface area contributed by atoms with Crippen LogP contribution in [0.25, 0.3) is 0 Å². The van der Waals surface area contributed by atoms with Crippen LogP contribution >= 0.6 is 11.3 Å². The Hall–Kier alpha value is -1.63. The zero-order chi connectivity index (χ0) is 13.0. The lowest BCUT2D eigenvalue weighted by Crippen LogP contribution is -2.29. The van der Waals surface area contributed by atoms with Crippen molar-refractivity contribution in [3.8, 4) is 0 Å². The van der Waals surface area contributed by atoms with Crippen molar-refractivity contribution in [3.63, 3.8) is 0 Å². The summed E-state index contributed by atoms with van der Waals surface area (Å²) in [6, 6.07) is 0. The van der Waals surface area contributed by atoms with E-state index in [4.69, 9.17) is 11.5 Å². The Bertz CT molecular complexity index is 454. The van der Waals surface area contributed by atoms with E-state index in [2.05, 4.69) is 20.1 Å². The molecular formula is C11H18N6S. The van der Waals surface area contributed by atoms with Crippen LogP contribution in [-0.2, 0) is 0 Å². The molecule has 0 atom stereocenters. The fourth-order valence-electron chi connectivity index (χ4n) is 1.88. The molecule has 1 aromatic rings. The second-order valence-electron chi connectivity index (χ2n) is 4.26. The highest BCUT2D eigenvalue weighted by atomic mass is 32.1. The molecule has 0 aromatic carbocycles.